The van der Waals surface area contributed by atoms with Crippen LogP contribution >= 0.6 is 0 Å². The molecular weight excluding hydrogens is 240 g/mol. The molecule has 1 N–H and O–H groups in total. The molecule has 0 spiro atoms. The zero-order valence-electron chi connectivity index (χ0n) is 12.3. The van der Waals surface area contributed by atoms with Crippen molar-refractivity contribution in [3.63, 3.8) is 0 Å². The van der Waals surface area contributed by atoms with Crippen molar-refractivity contribution < 1.29 is 9.90 Å². The third-order valence-electron chi connectivity index (χ3n) is 4.81. The van der Waals surface area contributed by atoms with Gasteiger partial charge in [0.15, 0.2) is 0 Å². The van der Waals surface area contributed by atoms with E-state index < -0.39 is 0 Å². The van der Waals surface area contributed by atoms with Gasteiger partial charge >= 0.3 is 0 Å². The molecule has 1 amide bonds. The van der Waals surface area contributed by atoms with Crippen LogP contribution in [0.3, 0.4) is 0 Å². The summed E-state index contributed by atoms with van der Waals surface area (Å²) in [6.45, 7) is 7.10. The number of nitrogens with zero attached hydrogens (tertiary/aromatic N) is 2. The molecule has 2 fully saturated rings. The Hall–Kier alpha value is -0.610. The summed E-state index contributed by atoms with van der Waals surface area (Å²) >= 11 is 0. The van der Waals surface area contributed by atoms with Gasteiger partial charge in [0.25, 0.3) is 0 Å². The van der Waals surface area contributed by atoms with Gasteiger partial charge in [-0.3, -0.25) is 9.69 Å². The molecule has 2 unspecified atom stereocenters. The first kappa shape index (κ1) is 14.8. The highest BCUT2D eigenvalue weighted by Crippen LogP contribution is 2.23. The fourth-order valence-corrected chi connectivity index (χ4v) is 3.51. The molecule has 0 saturated carbocycles. The second kappa shape index (κ2) is 6.71. The molecule has 2 rings (SSSR count). The zero-order valence-corrected chi connectivity index (χ0v) is 12.3. The monoisotopic (exact) mass is 268 g/mol. The smallest absolute Gasteiger partial charge is 0.237 e. The number of rotatable bonds is 3. The highest BCUT2D eigenvalue weighted by atomic mass is 16.3. The molecule has 19 heavy (non-hydrogen) atoms. The van der Waals surface area contributed by atoms with Crippen molar-refractivity contribution in [2.24, 2.45) is 5.92 Å². The van der Waals surface area contributed by atoms with Crippen molar-refractivity contribution in [3.05, 3.63) is 0 Å². The molecule has 2 heterocycles. The second-order valence-corrected chi connectivity index (χ2v) is 6.33. The van der Waals surface area contributed by atoms with Crippen LogP contribution in [0.1, 0.15) is 46.0 Å². The quantitative estimate of drug-likeness (QED) is 0.843. The molecular formula is C15H28N2O2. The average Bonchev–Trinajstić information content (AvgIpc) is 2.39. The van der Waals surface area contributed by atoms with Crippen LogP contribution in [0.4, 0.5) is 0 Å². The highest BCUT2D eigenvalue weighted by molar-refractivity contribution is 5.79. The highest BCUT2D eigenvalue weighted by Gasteiger charge is 2.30. The van der Waals surface area contributed by atoms with Crippen LogP contribution in [0.25, 0.3) is 0 Å². The van der Waals surface area contributed by atoms with Crippen molar-refractivity contribution in [2.75, 3.05) is 26.2 Å². The summed E-state index contributed by atoms with van der Waals surface area (Å²) in [5.74, 6) is 0.737. The van der Waals surface area contributed by atoms with Gasteiger partial charge in [0, 0.05) is 18.7 Å². The van der Waals surface area contributed by atoms with E-state index >= 15 is 0 Å². The predicted octanol–water partition coefficient (Wildman–Crippen LogP) is 1.48. The Morgan fingerprint density at radius 1 is 1.11 bits per heavy atom. The third kappa shape index (κ3) is 3.69. The third-order valence-corrected chi connectivity index (χ3v) is 4.81. The standard InChI is InChI=1S/C15H28N2O2/c1-12-4-3-5-13(2)17(12)15(19)10-16-8-6-14(11-18)7-9-16/h12-14,18H,3-11H2,1-2H3. The molecule has 0 aromatic carbocycles. The molecule has 4 heteroatoms. The van der Waals surface area contributed by atoms with Gasteiger partial charge in [0.05, 0.1) is 6.54 Å². The Bertz CT molecular complexity index is 291. The summed E-state index contributed by atoms with van der Waals surface area (Å²) in [6, 6.07) is 0.789. The lowest BCUT2D eigenvalue weighted by atomic mass is 9.96. The predicted molar refractivity (Wildman–Crippen MR) is 75.9 cm³/mol. The molecule has 0 aliphatic carbocycles. The lowest BCUT2D eigenvalue weighted by Crippen LogP contribution is -2.52. The van der Waals surface area contributed by atoms with Gasteiger partial charge in [-0.15, -0.1) is 0 Å². The molecule has 2 saturated heterocycles. The number of aliphatic hydroxyl groups is 1. The maximum absolute atomic E-state index is 12.5. The number of likely N-dealkylation sites (tertiary alicyclic amines) is 2. The van der Waals surface area contributed by atoms with E-state index in [1.165, 1.54) is 6.42 Å². The number of amides is 1. The summed E-state index contributed by atoms with van der Waals surface area (Å²) in [5.41, 5.74) is 0. The van der Waals surface area contributed by atoms with E-state index in [1.807, 2.05) is 0 Å². The van der Waals surface area contributed by atoms with E-state index in [9.17, 15) is 4.79 Å². The Balaban J connectivity index is 1.83. The number of aliphatic hydroxyl groups excluding tert-OH is 1. The first-order valence-electron chi connectivity index (χ1n) is 7.76. The average molecular weight is 268 g/mol. The van der Waals surface area contributed by atoms with Crippen LogP contribution in [0, 0.1) is 5.92 Å². The lowest BCUT2D eigenvalue weighted by Gasteiger charge is -2.41. The lowest BCUT2D eigenvalue weighted by molar-refractivity contribution is -0.138. The fraction of sp³-hybridized carbons (Fsp3) is 0.933. The van der Waals surface area contributed by atoms with Crippen molar-refractivity contribution in [1.29, 1.82) is 0 Å². The Kier molecular flexibility index (Phi) is 5.22. The summed E-state index contributed by atoms with van der Waals surface area (Å²) in [7, 11) is 0. The zero-order chi connectivity index (χ0) is 13.8. The minimum absolute atomic E-state index is 0.294. The first-order chi connectivity index (χ1) is 9.11. The van der Waals surface area contributed by atoms with Crippen molar-refractivity contribution in [3.8, 4) is 0 Å². The Morgan fingerprint density at radius 2 is 1.68 bits per heavy atom. The minimum atomic E-state index is 0.294. The van der Waals surface area contributed by atoms with Gasteiger partial charge in [0.1, 0.15) is 0 Å². The van der Waals surface area contributed by atoms with E-state index in [4.69, 9.17) is 5.11 Å². The number of hydrogen-bond donors (Lipinski definition) is 1. The summed E-state index contributed by atoms with van der Waals surface area (Å²) in [5, 5.41) is 9.14. The van der Waals surface area contributed by atoms with Gasteiger partial charge < -0.3 is 10.0 Å². The molecule has 2 aliphatic rings. The van der Waals surface area contributed by atoms with Gasteiger partial charge in [-0.25, -0.2) is 0 Å². The van der Waals surface area contributed by atoms with E-state index in [1.54, 1.807) is 0 Å². The molecule has 0 aromatic rings. The maximum atomic E-state index is 12.5. The van der Waals surface area contributed by atoms with E-state index in [0.717, 1.165) is 38.8 Å². The molecule has 0 aromatic heterocycles. The largest absolute Gasteiger partial charge is 0.396 e. The van der Waals surface area contributed by atoms with E-state index in [2.05, 4.69) is 23.6 Å². The number of piperidine rings is 2. The van der Waals surface area contributed by atoms with Gasteiger partial charge in [0.2, 0.25) is 5.91 Å². The van der Waals surface area contributed by atoms with Crippen LogP contribution in [0.2, 0.25) is 0 Å². The van der Waals surface area contributed by atoms with Crippen molar-refractivity contribution in [1.82, 2.24) is 9.80 Å². The number of carbonyl (C=O) groups excluding carboxylic acids is 1. The summed E-state index contributed by atoms with van der Waals surface area (Å²) in [4.78, 5) is 16.8. The van der Waals surface area contributed by atoms with Gasteiger partial charge in [-0.2, -0.15) is 0 Å². The summed E-state index contributed by atoms with van der Waals surface area (Å²) < 4.78 is 0. The van der Waals surface area contributed by atoms with Crippen LogP contribution < -0.4 is 0 Å². The fourth-order valence-electron chi connectivity index (χ4n) is 3.51. The first-order valence-corrected chi connectivity index (χ1v) is 7.76. The molecule has 4 nitrogen and oxygen atoms in total. The van der Waals surface area contributed by atoms with Gasteiger partial charge in [-0.05, 0) is 65.0 Å². The molecule has 0 bridgehead atoms. The van der Waals surface area contributed by atoms with E-state index in [-0.39, 0.29) is 0 Å². The molecule has 2 aliphatic heterocycles. The molecule has 2 atom stereocenters. The SMILES string of the molecule is CC1CCCC(C)N1C(=O)CN1CCC(CO)CC1. The van der Waals surface area contributed by atoms with Crippen LogP contribution in [-0.2, 0) is 4.79 Å². The van der Waals surface area contributed by atoms with Crippen molar-refractivity contribution in [2.45, 2.75) is 58.0 Å². The number of hydrogen-bond acceptors (Lipinski definition) is 3. The van der Waals surface area contributed by atoms with Crippen LogP contribution in [0.15, 0.2) is 0 Å². The number of carbonyl (C=O) groups is 1. The minimum Gasteiger partial charge on any atom is -0.396 e. The van der Waals surface area contributed by atoms with Gasteiger partial charge in [-0.1, -0.05) is 0 Å². The van der Waals surface area contributed by atoms with Crippen LogP contribution in [-0.4, -0.2) is 59.1 Å². The second-order valence-electron chi connectivity index (χ2n) is 6.33. The normalized spacial score (nSPS) is 30.6. The van der Waals surface area contributed by atoms with Crippen molar-refractivity contribution >= 4 is 5.91 Å². The van der Waals surface area contributed by atoms with Crippen LogP contribution in [0.5, 0.6) is 0 Å². The van der Waals surface area contributed by atoms with E-state index in [0.29, 0.717) is 37.1 Å². The summed E-state index contributed by atoms with van der Waals surface area (Å²) in [6.07, 6.45) is 5.57. The maximum Gasteiger partial charge on any atom is 0.237 e. The topological polar surface area (TPSA) is 43.8 Å². The molecule has 110 valence electrons. The Labute approximate surface area is 116 Å². The Morgan fingerprint density at radius 3 is 2.21 bits per heavy atom. The molecule has 0 radical (unpaired) electrons.